The highest BCUT2D eigenvalue weighted by molar-refractivity contribution is 5.94. The third-order valence-corrected chi connectivity index (χ3v) is 2.70. The highest BCUT2D eigenvalue weighted by Gasteiger charge is 2.25. The summed E-state index contributed by atoms with van der Waals surface area (Å²) in [7, 11) is 0. The second-order valence-electron chi connectivity index (χ2n) is 4.04. The van der Waals surface area contributed by atoms with E-state index in [1.807, 2.05) is 31.2 Å². The fourth-order valence-corrected chi connectivity index (χ4v) is 1.87. The van der Waals surface area contributed by atoms with Gasteiger partial charge in [-0.3, -0.25) is 4.79 Å². The van der Waals surface area contributed by atoms with Crippen LogP contribution in [-0.4, -0.2) is 23.7 Å². The first-order valence-electron chi connectivity index (χ1n) is 5.22. The number of anilines is 1. The molecule has 1 heterocycles. The third-order valence-electron chi connectivity index (χ3n) is 2.70. The summed E-state index contributed by atoms with van der Waals surface area (Å²) >= 11 is 0. The molecule has 0 bridgehead atoms. The maximum Gasteiger partial charge on any atom is 0.227 e. The summed E-state index contributed by atoms with van der Waals surface area (Å²) in [6.45, 7) is 2.41. The molecule has 1 atom stereocenters. The average Bonchev–Trinajstić information content (AvgIpc) is 2.22. The van der Waals surface area contributed by atoms with E-state index in [0.29, 0.717) is 19.4 Å². The van der Waals surface area contributed by atoms with Crippen molar-refractivity contribution in [3.05, 3.63) is 29.8 Å². The molecular weight excluding hydrogens is 190 g/mol. The molecular formula is C12H15NO2. The number of hydrogen-bond donors (Lipinski definition) is 1. The standard InChI is InChI=1S/C12H15NO2/c1-9-3-2-4-10(7-9)13-8-11(14)5-6-12(13)15/h2-4,7,11,14H,5-6,8H2,1H3. The molecule has 1 aromatic rings. The van der Waals surface area contributed by atoms with E-state index >= 15 is 0 Å². The van der Waals surface area contributed by atoms with Crippen LogP contribution in [0.3, 0.4) is 0 Å². The Labute approximate surface area is 89.3 Å². The molecule has 1 aliphatic rings. The lowest BCUT2D eigenvalue weighted by Gasteiger charge is -2.30. The molecule has 3 nitrogen and oxygen atoms in total. The Hall–Kier alpha value is -1.35. The van der Waals surface area contributed by atoms with E-state index in [1.165, 1.54) is 0 Å². The normalized spacial score (nSPS) is 21.9. The molecule has 0 aliphatic carbocycles. The van der Waals surface area contributed by atoms with Crippen LogP contribution < -0.4 is 4.90 Å². The van der Waals surface area contributed by atoms with Gasteiger partial charge in [0.15, 0.2) is 0 Å². The number of aliphatic hydroxyl groups excluding tert-OH is 1. The predicted molar refractivity (Wildman–Crippen MR) is 58.8 cm³/mol. The van der Waals surface area contributed by atoms with Gasteiger partial charge in [0.2, 0.25) is 5.91 Å². The molecule has 0 saturated carbocycles. The number of aliphatic hydroxyl groups is 1. The Bertz CT molecular complexity index is 376. The molecule has 0 aromatic heterocycles. The van der Waals surface area contributed by atoms with Crippen molar-refractivity contribution in [1.82, 2.24) is 0 Å². The molecule has 1 N–H and O–H groups in total. The van der Waals surface area contributed by atoms with E-state index in [1.54, 1.807) is 4.90 Å². The first-order valence-corrected chi connectivity index (χ1v) is 5.22. The van der Waals surface area contributed by atoms with Gasteiger partial charge >= 0.3 is 0 Å². The number of β-amino-alcohol motifs (C(OH)–C–C–N with tert-alkyl or cyclic N) is 1. The van der Waals surface area contributed by atoms with Gasteiger partial charge in [0, 0.05) is 12.1 Å². The fourth-order valence-electron chi connectivity index (χ4n) is 1.87. The van der Waals surface area contributed by atoms with Gasteiger partial charge < -0.3 is 10.0 Å². The van der Waals surface area contributed by atoms with E-state index in [0.717, 1.165) is 11.3 Å². The number of benzene rings is 1. The Morgan fingerprint density at radius 1 is 1.47 bits per heavy atom. The zero-order valence-corrected chi connectivity index (χ0v) is 8.81. The summed E-state index contributed by atoms with van der Waals surface area (Å²) in [5, 5.41) is 9.53. The van der Waals surface area contributed by atoms with Gasteiger partial charge in [0.25, 0.3) is 0 Å². The number of aryl methyl sites for hydroxylation is 1. The molecule has 0 spiro atoms. The average molecular weight is 205 g/mol. The minimum atomic E-state index is -0.386. The van der Waals surface area contributed by atoms with Crippen LogP contribution in [0.4, 0.5) is 5.69 Å². The van der Waals surface area contributed by atoms with E-state index in [4.69, 9.17) is 0 Å². The topological polar surface area (TPSA) is 40.5 Å². The molecule has 1 unspecified atom stereocenters. The summed E-state index contributed by atoms with van der Waals surface area (Å²) in [4.78, 5) is 13.3. The second kappa shape index (κ2) is 4.03. The summed E-state index contributed by atoms with van der Waals surface area (Å²) in [5.74, 6) is 0.103. The fraction of sp³-hybridized carbons (Fsp3) is 0.417. The smallest absolute Gasteiger partial charge is 0.227 e. The summed E-state index contributed by atoms with van der Waals surface area (Å²) in [6, 6.07) is 7.80. The van der Waals surface area contributed by atoms with Gasteiger partial charge in [-0.25, -0.2) is 0 Å². The summed E-state index contributed by atoms with van der Waals surface area (Å²) in [6.07, 6.45) is 0.638. The van der Waals surface area contributed by atoms with Crippen molar-refractivity contribution < 1.29 is 9.90 Å². The molecule has 1 aliphatic heterocycles. The lowest BCUT2D eigenvalue weighted by Crippen LogP contribution is -2.42. The Morgan fingerprint density at radius 3 is 3.00 bits per heavy atom. The van der Waals surface area contributed by atoms with Crippen LogP contribution >= 0.6 is 0 Å². The molecule has 0 radical (unpaired) electrons. The summed E-state index contributed by atoms with van der Waals surface area (Å²) < 4.78 is 0. The Balaban J connectivity index is 2.25. The monoisotopic (exact) mass is 205 g/mol. The maximum atomic E-state index is 11.7. The predicted octanol–water partition coefficient (Wildman–Crippen LogP) is 1.48. The quantitative estimate of drug-likeness (QED) is 0.754. The first-order chi connectivity index (χ1) is 7.16. The molecule has 1 saturated heterocycles. The van der Waals surface area contributed by atoms with E-state index in [2.05, 4.69) is 0 Å². The van der Waals surface area contributed by atoms with Crippen LogP contribution in [0.2, 0.25) is 0 Å². The molecule has 80 valence electrons. The van der Waals surface area contributed by atoms with Crippen molar-refractivity contribution in [2.75, 3.05) is 11.4 Å². The van der Waals surface area contributed by atoms with Gasteiger partial charge in [0.05, 0.1) is 12.6 Å². The van der Waals surface area contributed by atoms with Crippen molar-refractivity contribution in [1.29, 1.82) is 0 Å². The van der Waals surface area contributed by atoms with Crippen LogP contribution in [0.15, 0.2) is 24.3 Å². The van der Waals surface area contributed by atoms with Crippen molar-refractivity contribution >= 4 is 11.6 Å². The minimum absolute atomic E-state index is 0.103. The molecule has 15 heavy (non-hydrogen) atoms. The highest BCUT2D eigenvalue weighted by atomic mass is 16.3. The second-order valence-corrected chi connectivity index (χ2v) is 4.04. The first kappa shape index (κ1) is 10.2. The molecule has 1 fully saturated rings. The SMILES string of the molecule is Cc1cccc(N2CC(O)CCC2=O)c1. The number of nitrogens with zero attached hydrogens (tertiary/aromatic N) is 1. The minimum Gasteiger partial charge on any atom is -0.391 e. The number of carbonyl (C=O) groups is 1. The maximum absolute atomic E-state index is 11.7. The van der Waals surface area contributed by atoms with Gasteiger partial charge in [-0.2, -0.15) is 0 Å². The lowest BCUT2D eigenvalue weighted by atomic mass is 10.1. The van der Waals surface area contributed by atoms with E-state index < -0.39 is 0 Å². The van der Waals surface area contributed by atoms with Gasteiger partial charge in [-0.15, -0.1) is 0 Å². The van der Waals surface area contributed by atoms with Gasteiger partial charge in [0.1, 0.15) is 0 Å². The number of hydrogen-bond acceptors (Lipinski definition) is 2. The Kier molecular flexibility index (Phi) is 2.73. The lowest BCUT2D eigenvalue weighted by molar-refractivity contribution is -0.121. The third kappa shape index (κ3) is 2.18. The van der Waals surface area contributed by atoms with Crippen molar-refractivity contribution in [3.63, 3.8) is 0 Å². The van der Waals surface area contributed by atoms with Gasteiger partial charge in [-0.05, 0) is 31.0 Å². The van der Waals surface area contributed by atoms with Crippen LogP contribution in [0.5, 0.6) is 0 Å². The number of carbonyl (C=O) groups excluding carboxylic acids is 1. The zero-order valence-electron chi connectivity index (χ0n) is 8.81. The largest absolute Gasteiger partial charge is 0.391 e. The van der Waals surface area contributed by atoms with E-state index in [9.17, 15) is 9.90 Å². The summed E-state index contributed by atoms with van der Waals surface area (Å²) in [5.41, 5.74) is 2.01. The van der Waals surface area contributed by atoms with E-state index in [-0.39, 0.29) is 12.0 Å². The van der Waals surface area contributed by atoms with Crippen molar-refractivity contribution in [3.8, 4) is 0 Å². The van der Waals surface area contributed by atoms with Crippen LogP contribution in [0.25, 0.3) is 0 Å². The molecule has 2 rings (SSSR count). The Morgan fingerprint density at radius 2 is 2.27 bits per heavy atom. The van der Waals surface area contributed by atoms with Crippen LogP contribution in [0.1, 0.15) is 18.4 Å². The molecule has 1 amide bonds. The van der Waals surface area contributed by atoms with Crippen molar-refractivity contribution in [2.24, 2.45) is 0 Å². The molecule has 3 heteroatoms. The van der Waals surface area contributed by atoms with Crippen LogP contribution in [-0.2, 0) is 4.79 Å². The molecule has 1 aromatic carbocycles. The zero-order chi connectivity index (χ0) is 10.8. The number of rotatable bonds is 1. The number of piperidine rings is 1. The van der Waals surface area contributed by atoms with Crippen molar-refractivity contribution in [2.45, 2.75) is 25.9 Å². The van der Waals surface area contributed by atoms with Gasteiger partial charge in [-0.1, -0.05) is 12.1 Å². The number of amides is 1. The highest BCUT2D eigenvalue weighted by Crippen LogP contribution is 2.21. The van der Waals surface area contributed by atoms with Crippen LogP contribution in [0, 0.1) is 6.92 Å².